The van der Waals surface area contributed by atoms with Crippen molar-refractivity contribution in [3.05, 3.63) is 52.3 Å². The van der Waals surface area contributed by atoms with E-state index >= 15 is 0 Å². The summed E-state index contributed by atoms with van der Waals surface area (Å²) in [4.78, 5) is 15.0. The van der Waals surface area contributed by atoms with Crippen LogP contribution in [0.3, 0.4) is 0 Å². The number of rotatable bonds is 2. The minimum Gasteiger partial charge on any atom is -0.478 e. The topological polar surface area (TPSA) is 50.2 Å². The second-order valence-corrected chi connectivity index (χ2v) is 4.47. The molecular formula is C14H12ClNO2. The van der Waals surface area contributed by atoms with Crippen molar-refractivity contribution in [3.63, 3.8) is 0 Å². The zero-order valence-electron chi connectivity index (χ0n) is 10.1. The van der Waals surface area contributed by atoms with Gasteiger partial charge in [-0.25, -0.2) is 9.78 Å². The van der Waals surface area contributed by atoms with E-state index in [0.29, 0.717) is 0 Å². The summed E-state index contributed by atoms with van der Waals surface area (Å²) in [6, 6.07) is 7.45. The van der Waals surface area contributed by atoms with E-state index in [1.54, 1.807) is 12.3 Å². The Morgan fingerprint density at radius 3 is 2.72 bits per heavy atom. The van der Waals surface area contributed by atoms with E-state index in [4.69, 9.17) is 16.7 Å². The molecule has 92 valence electrons. The molecule has 1 N–H and O–H groups in total. The number of hydrogen-bond donors (Lipinski definition) is 1. The highest BCUT2D eigenvalue weighted by Gasteiger charge is 2.12. The zero-order chi connectivity index (χ0) is 13.3. The first-order chi connectivity index (χ1) is 8.50. The van der Waals surface area contributed by atoms with E-state index in [1.807, 2.05) is 32.0 Å². The number of carbonyl (C=O) groups is 1. The minimum atomic E-state index is -1.07. The monoisotopic (exact) mass is 261 g/mol. The normalized spacial score (nSPS) is 10.4. The molecule has 4 heteroatoms. The molecule has 0 saturated carbocycles. The standard InChI is InChI=1S/C14H12ClNO2/c1-8-4-3-5-11(9(8)2)10-6-12(14(17)18)13(15)16-7-10/h3-7H,1-2H3,(H,17,18). The van der Waals surface area contributed by atoms with Gasteiger partial charge in [0, 0.05) is 11.8 Å². The Morgan fingerprint density at radius 2 is 2.06 bits per heavy atom. The number of nitrogens with zero attached hydrogens (tertiary/aromatic N) is 1. The maximum atomic E-state index is 11.0. The highest BCUT2D eigenvalue weighted by atomic mass is 35.5. The Balaban J connectivity index is 2.62. The van der Waals surface area contributed by atoms with Crippen molar-refractivity contribution in [2.24, 2.45) is 0 Å². The molecule has 1 aromatic carbocycles. The first-order valence-corrected chi connectivity index (χ1v) is 5.84. The third-order valence-electron chi connectivity index (χ3n) is 2.99. The molecule has 2 rings (SSSR count). The van der Waals surface area contributed by atoms with Crippen LogP contribution in [0.2, 0.25) is 5.15 Å². The quantitative estimate of drug-likeness (QED) is 0.839. The van der Waals surface area contributed by atoms with Crippen molar-refractivity contribution in [2.75, 3.05) is 0 Å². The van der Waals surface area contributed by atoms with Crippen LogP contribution in [0.15, 0.2) is 30.5 Å². The van der Waals surface area contributed by atoms with Crippen LogP contribution < -0.4 is 0 Å². The molecule has 18 heavy (non-hydrogen) atoms. The first-order valence-electron chi connectivity index (χ1n) is 5.46. The molecule has 0 saturated heterocycles. The molecule has 0 aliphatic heterocycles. The van der Waals surface area contributed by atoms with Gasteiger partial charge in [-0.1, -0.05) is 29.8 Å². The maximum absolute atomic E-state index is 11.0. The summed E-state index contributed by atoms with van der Waals surface area (Å²) < 4.78 is 0. The molecule has 3 nitrogen and oxygen atoms in total. The lowest BCUT2D eigenvalue weighted by atomic mass is 9.97. The average Bonchev–Trinajstić information content (AvgIpc) is 2.33. The Hall–Kier alpha value is -1.87. The van der Waals surface area contributed by atoms with Gasteiger partial charge in [0.2, 0.25) is 0 Å². The van der Waals surface area contributed by atoms with Gasteiger partial charge in [-0.15, -0.1) is 0 Å². The second-order valence-electron chi connectivity index (χ2n) is 4.11. The van der Waals surface area contributed by atoms with Gasteiger partial charge < -0.3 is 5.11 Å². The molecule has 0 radical (unpaired) electrons. The van der Waals surface area contributed by atoms with E-state index in [0.717, 1.165) is 22.3 Å². The molecule has 1 heterocycles. The predicted octanol–water partition coefficient (Wildman–Crippen LogP) is 3.72. The summed E-state index contributed by atoms with van der Waals surface area (Å²) in [5.41, 5.74) is 4.02. The van der Waals surface area contributed by atoms with Crippen LogP contribution >= 0.6 is 11.6 Å². The Labute approximate surface area is 110 Å². The minimum absolute atomic E-state index is 0.0107. The molecule has 0 aliphatic carbocycles. The number of halogens is 1. The van der Waals surface area contributed by atoms with Gasteiger partial charge in [0.05, 0.1) is 5.56 Å². The summed E-state index contributed by atoms with van der Waals surface area (Å²) in [7, 11) is 0. The molecule has 0 unspecified atom stereocenters. The van der Waals surface area contributed by atoms with Crippen LogP contribution in [0.25, 0.3) is 11.1 Å². The molecule has 0 amide bonds. The van der Waals surface area contributed by atoms with E-state index in [1.165, 1.54) is 0 Å². The van der Waals surface area contributed by atoms with E-state index < -0.39 is 5.97 Å². The van der Waals surface area contributed by atoms with Crippen molar-refractivity contribution < 1.29 is 9.90 Å². The van der Waals surface area contributed by atoms with Gasteiger partial charge in [-0.3, -0.25) is 0 Å². The highest BCUT2D eigenvalue weighted by Crippen LogP contribution is 2.27. The zero-order valence-corrected chi connectivity index (χ0v) is 10.8. The number of aromatic carboxylic acids is 1. The Kier molecular flexibility index (Phi) is 3.34. The number of carboxylic acids is 1. The van der Waals surface area contributed by atoms with Crippen LogP contribution in [-0.2, 0) is 0 Å². The maximum Gasteiger partial charge on any atom is 0.338 e. The third kappa shape index (κ3) is 2.22. The predicted molar refractivity (Wildman–Crippen MR) is 71.1 cm³/mol. The van der Waals surface area contributed by atoms with Crippen molar-refractivity contribution in [2.45, 2.75) is 13.8 Å². The second kappa shape index (κ2) is 4.78. The Morgan fingerprint density at radius 1 is 1.33 bits per heavy atom. The van der Waals surface area contributed by atoms with Crippen LogP contribution in [0.4, 0.5) is 0 Å². The molecule has 0 bridgehead atoms. The Bertz CT molecular complexity index is 623. The molecule has 1 aromatic heterocycles. The lowest BCUT2D eigenvalue weighted by Crippen LogP contribution is -2.00. The van der Waals surface area contributed by atoms with Crippen molar-refractivity contribution in [1.82, 2.24) is 4.98 Å². The fraction of sp³-hybridized carbons (Fsp3) is 0.143. The molecule has 0 atom stereocenters. The SMILES string of the molecule is Cc1cccc(-c2cnc(Cl)c(C(=O)O)c2)c1C. The number of aryl methyl sites for hydroxylation is 1. The lowest BCUT2D eigenvalue weighted by molar-refractivity contribution is 0.0696. The fourth-order valence-electron chi connectivity index (χ4n) is 1.81. The summed E-state index contributed by atoms with van der Waals surface area (Å²) in [5.74, 6) is -1.07. The summed E-state index contributed by atoms with van der Waals surface area (Å²) >= 11 is 5.76. The molecule has 0 aliphatic rings. The first kappa shape index (κ1) is 12.6. The van der Waals surface area contributed by atoms with Gasteiger partial charge in [0.25, 0.3) is 0 Å². The molecular weight excluding hydrogens is 250 g/mol. The lowest BCUT2D eigenvalue weighted by Gasteiger charge is -2.09. The molecule has 0 fully saturated rings. The van der Waals surface area contributed by atoms with Gasteiger partial charge in [0.15, 0.2) is 0 Å². The van der Waals surface area contributed by atoms with Gasteiger partial charge in [-0.2, -0.15) is 0 Å². The van der Waals surface area contributed by atoms with E-state index in [-0.39, 0.29) is 10.7 Å². The van der Waals surface area contributed by atoms with Gasteiger partial charge >= 0.3 is 5.97 Å². The number of carboxylic acid groups (broad SMARTS) is 1. The average molecular weight is 262 g/mol. The van der Waals surface area contributed by atoms with Gasteiger partial charge in [0.1, 0.15) is 5.15 Å². The fourth-order valence-corrected chi connectivity index (χ4v) is 1.99. The number of benzene rings is 1. The summed E-state index contributed by atoms with van der Waals surface area (Å²) in [6.07, 6.45) is 1.59. The number of hydrogen-bond acceptors (Lipinski definition) is 2. The van der Waals surface area contributed by atoms with Crippen LogP contribution in [-0.4, -0.2) is 16.1 Å². The van der Waals surface area contributed by atoms with E-state index in [2.05, 4.69) is 4.98 Å². The van der Waals surface area contributed by atoms with Crippen LogP contribution in [0.5, 0.6) is 0 Å². The van der Waals surface area contributed by atoms with Crippen molar-refractivity contribution in [3.8, 4) is 11.1 Å². The third-order valence-corrected chi connectivity index (χ3v) is 3.29. The highest BCUT2D eigenvalue weighted by molar-refractivity contribution is 6.32. The number of aromatic nitrogens is 1. The van der Waals surface area contributed by atoms with Crippen LogP contribution in [0.1, 0.15) is 21.5 Å². The number of pyridine rings is 1. The summed E-state index contributed by atoms with van der Waals surface area (Å²) in [6.45, 7) is 4.01. The van der Waals surface area contributed by atoms with Crippen molar-refractivity contribution in [1.29, 1.82) is 0 Å². The molecule has 0 spiro atoms. The van der Waals surface area contributed by atoms with Gasteiger partial charge in [-0.05, 0) is 36.6 Å². The van der Waals surface area contributed by atoms with E-state index in [9.17, 15) is 4.79 Å². The largest absolute Gasteiger partial charge is 0.478 e. The smallest absolute Gasteiger partial charge is 0.338 e. The van der Waals surface area contributed by atoms with Crippen LogP contribution in [0, 0.1) is 13.8 Å². The van der Waals surface area contributed by atoms with Crippen molar-refractivity contribution >= 4 is 17.6 Å². The molecule has 2 aromatic rings. The summed E-state index contributed by atoms with van der Waals surface area (Å²) in [5, 5.41) is 9.05.